The number of carbonyl (C=O) groups is 3. The van der Waals surface area contributed by atoms with E-state index in [0.717, 1.165) is 0 Å². The fraction of sp³-hybridized carbons (Fsp3) is 0.438. The van der Waals surface area contributed by atoms with Crippen LogP contribution in [0.5, 0.6) is 5.75 Å². The molecule has 1 amide bonds. The van der Waals surface area contributed by atoms with Gasteiger partial charge in [-0.2, -0.15) is 0 Å². The number of hydrogen-bond acceptors (Lipinski definition) is 5. The second-order valence-electron chi connectivity index (χ2n) is 4.97. The molecule has 0 saturated carbocycles. The van der Waals surface area contributed by atoms with Crippen LogP contribution in [0.3, 0.4) is 0 Å². The van der Waals surface area contributed by atoms with Crippen molar-refractivity contribution in [2.45, 2.75) is 26.3 Å². The molecule has 1 heterocycles. The van der Waals surface area contributed by atoms with Gasteiger partial charge in [0, 0.05) is 5.56 Å². The van der Waals surface area contributed by atoms with Crippen LogP contribution in [0.1, 0.15) is 30.6 Å². The van der Waals surface area contributed by atoms with Crippen LogP contribution >= 0.6 is 11.6 Å². The van der Waals surface area contributed by atoms with Gasteiger partial charge in [0.25, 0.3) is 5.91 Å². The normalized spacial score (nSPS) is 14.7. The molecule has 0 fully saturated rings. The highest BCUT2D eigenvalue weighted by Crippen LogP contribution is 2.35. The van der Waals surface area contributed by atoms with E-state index in [1.54, 1.807) is 26.0 Å². The Balaban J connectivity index is 2.46. The summed E-state index contributed by atoms with van der Waals surface area (Å²) in [6, 6.07) is 3.96. The summed E-state index contributed by atoms with van der Waals surface area (Å²) in [7, 11) is 0. The Bertz CT molecular complexity index is 631. The van der Waals surface area contributed by atoms with Crippen LogP contribution in [0.2, 0.25) is 0 Å². The first-order valence-electron chi connectivity index (χ1n) is 7.38. The zero-order chi connectivity index (χ0) is 17.0. The second-order valence-corrected chi connectivity index (χ2v) is 5.24. The molecule has 0 aromatic heterocycles. The lowest BCUT2D eigenvalue weighted by molar-refractivity contribution is -0.146. The van der Waals surface area contributed by atoms with E-state index in [-0.39, 0.29) is 30.8 Å². The highest BCUT2D eigenvalue weighted by molar-refractivity contribution is 6.30. The van der Waals surface area contributed by atoms with Crippen LogP contribution in [0.15, 0.2) is 18.2 Å². The zero-order valence-electron chi connectivity index (χ0n) is 13.0. The van der Waals surface area contributed by atoms with Crippen molar-refractivity contribution < 1.29 is 23.9 Å². The number of alkyl halides is 1. The topological polar surface area (TPSA) is 72.9 Å². The van der Waals surface area contributed by atoms with Gasteiger partial charge in [0.1, 0.15) is 11.8 Å². The monoisotopic (exact) mass is 339 g/mol. The number of hydrogen-bond donors (Lipinski definition) is 0. The molecule has 0 bridgehead atoms. The maximum atomic E-state index is 12.3. The fourth-order valence-corrected chi connectivity index (χ4v) is 2.61. The number of anilines is 1. The molecule has 23 heavy (non-hydrogen) atoms. The Morgan fingerprint density at radius 2 is 2.13 bits per heavy atom. The van der Waals surface area contributed by atoms with E-state index in [1.165, 1.54) is 11.0 Å². The number of Topliss-reactive ketones (excluding diaryl/α,β-unsaturated/α-hetero) is 1. The van der Waals surface area contributed by atoms with Gasteiger partial charge in [-0.15, -0.1) is 11.6 Å². The summed E-state index contributed by atoms with van der Waals surface area (Å²) >= 11 is 5.58. The molecule has 0 aliphatic carbocycles. The predicted octanol–water partition coefficient (Wildman–Crippen LogP) is 2.18. The molecule has 1 aliphatic heterocycles. The second kappa shape index (κ2) is 7.46. The van der Waals surface area contributed by atoms with Gasteiger partial charge >= 0.3 is 5.97 Å². The summed E-state index contributed by atoms with van der Waals surface area (Å²) in [5.74, 6) is -0.823. The van der Waals surface area contributed by atoms with Crippen molar-refractivity contribution in [3.05, 3.63) is 23.8 Å². The number of benzene rings is 1. The van der Waals surface area contributed by atoms with Crippen molar-refractivity contribution in [2.24, 2.45) is 0 Å². The van der Waals surface area contributed by atoms with Gasteiger partial charge in [-0.25, -0.2) is 4.79 Å². The number of amides is 1. The fourth-order valence-electron chi connectivity index (χ4n) is 2.46. The number of ether oxygens (including phenoxy) is 2. The molecule has 1 aromatic rings. The SMILES string of the molecule is CCOC(=O)C(CC)N1C(=O)COc2ccc(C(=O)CCl)cc21. The Labute approximate surface area is 139 Å². The Hall–Kier alpha value is -2.08. The van der Waals surface area contributed by atoms with Crippen LogP contribution in [0.25, 0.3) is 0 Å². The molecule has 1 aromatic carbocycles. The number of rotatable bonds is 6. The molecule has 7 heteroatoms. The van der Waals surface area contributed by atoms with E-state index in [4.69, 9.17) is 21.1 Å². The first-order chi connectivity index (χ1) is 11.0. The van der Waals surface area contributed by atoms with Crippen molar-refractivity contribution in [3.8, 4) is 5.75 Å². The summed E-state index contributed by atoms with van der Waals surface area (Å²) < 4.78 is 10.4. The van der Waals surface area contributed by atoms with E-state index >= 15 is 0 Å². The number of esters is 1. The molecule has 6 nitrogen and oxygen atoms in total. The minimum atomic E-state index is -0.758. The van der Waals surface area contributed by atoms with Crippen LogP contribution in [0, 0.1) is 0 Å². The van der Waals surface area contributed by atoms with Crippen molar-refractivity contribution in [1.82, 2.24) is 0 Å². The van der Waals surface area contributed by atoms with E-state index in [2.05, 4.69) is 0 Å². The third-order valence-corrected chi connectivity index (χ3v) is 3.78. The molecule has 2 rings (SSSR count). The minimum Gasteiger partial charge on any atom is -0.482 e. The van der Waals surface area contributed by atoms with Gasteiger partial charge in [-0.1, -0.05) is 6.92 Å². The third kappa shape index (κ3) is 3.47. The predicted molar refractivity (Wildman–Crippen MR) is 85.2 cm³/mol. The lowest BCUT2D eigenvalue weighted by atomic mass is 10.1. The number of nitrogens with zero attached hydrogens (tertiary/aromatic N) is 1. The maximum Gasteiger partial charge on any atom is 0.329 e. The van der Waals surface area contributed by atoms with Crippen molar-refractivity contribution in [1.29, 1.82) is 0 Å². The standard InChI is InChI=1S/C16H18ClNO5/c1-3-11(16(21)22-4-2)18-12-7-10(13(19)8-17)5-6-14(12)23-9-15(18)20/h5-7,11H,3-4,8-9H2,1-2H3. The molecule has 0 spiro atoms. The number of ketones is 1. The van der Waals surface area contributed by atoms with Crippen LogP contribution in [-0.2, 0) is 14.3 Å². The first-order valence-corrected chi connectivity index (χ1v) is 7.91. The summed E-state index contributed by atoms with van der Waals surface area (Å²) in [4.78, 5) is 37.6. The molecular formula is C16H18ClNO5. The molecule has 0 saturated heterocycles. The molecule has 0 N–H and O–H groups in total. The van der Waals surface area contributed by atoms with Gasteiger partial charge in [0.15, 0.2) is 12.4 Å². The molecule has 124 valence electrons. The average molecular weight is 340 g/mol. The molecule has 1 unspecified atom stereocenters. The van der Waals surface area contributed by atoms with E-state index in [0.29, 0.717) is 23.4 Å². The molecule has 0 radical (unpaired) electrons. The lowest BCUT2D eigenvalue weighted by Crippen LogP contribution is -2.49. The minimum absolute atomic E-state index is 0.161. The smallest absolute Gasteiger partial charge is 0.329 e. The molecule has 1 aliphatic rings. The summed E-state index contributed by atoms with van der Waals surface area (Å²) in [5.41, 5.74) is 0.748. The van der Waals surface area contributed by atoms with Crippen molar-refractivity contribution in [2.75, 3.05) is 24.0 Å². The molecule has 1 atom stereocenters. The summed E-state index contributed by atoms with van der Waals surface area (Å²) in [5, 5.41) is 0. The van der Waals surface area contributed by atoms with E-state index < -0.39 is 12.0 Å². The number of fused-ring (bicyclic) bond motifs is 1. The number of halogens is 1. The van der Waals surface area contributed by atoms with E-state index in [1.807, 2.05) is 0 Å². The Morgan fingerprint density at radius 3 is 2.74 bits per heavy atom. The largest absolute Gasteiger partial charge is 0.482 e. The highest BCUT2D eigenvalue weighted by Gasteiger charge is 2.36. The van der Waals surface area contributed by atoms with Gasteiger partial charge in [-0.3, -0.25) is 14.5 Å². The highest BCUT2D eigenvalue weighted by atomic mass is 35.5. The Morgan fingerprint density at radius 1 is 1.39 bits per heavy atom. The van der Waals surface area contributed by atoms with Gasteiger partial charge in [-0.05, 0) is 31.5 Å². The van der Waals surface area contributed by atoms with Crippen molar-refractivity contribution >= 4 is 34.9 Å². The number of carbonyl (C=O) groups excluding carboxylic acids is 3. The first kappa shape index (κ1) is 17.3. The molecular weight excluding hydrogens is 322 g/mol. The van der Waals surface area contributed by atoms with Crippen molar-refractivity contribution in [3.63, 3.8) is 0 Å². The van der Waals surface area contributed by atoms with E-state index in [9.17, 15) is 14.4 Å². The summed E-state index contributed by atoms with van der Waals surface area (Å²) in [6.07, 6.45) is 0.387. The zero-order valence-corrected chi connectivity index (χ0v) is 13.8. The third-order valence-electron chi connectivity index (χ3n) is 3.54. The van der Waals surface area contributed by atoms with Gasteiger partial charge in [0.2, 0.25) is 0 Å². The Kier molecular flexibility index (Phi) is 5.60. The van der Waals surface area contributed by atoms with Crippen LogP contribution in [0.4, 0.5) is 5.69 Å². The lowest BCUT2D eigenvalue weighted by Gasteiger charge is -2.34. The van der Waals surface area contributed by atoms with Crippen LogP contribution in [-0.4, -0.2) is 42.8 Å². The van der Waals surface area contributed by atoms with Crippen LogP contribution < -0.4 is 9.64 Å². The average Bonchev–Trinajstić information content (AvgIpc) is 2.56. The van der Waals surface area contributed by atoms with Gasteiger partial charge in [0.05, 0.1) is 18.2 Å². The summed E-state index contributed by atoms with van der Waals surface area (Å²) in [6.45, 7) is 3.56. The maximum absolute atomic E-state index is 12.3. The quantitative estimate of drug-likeness (QED) is 0.451. The van der Waals surface area contributed by atoms with Gasteiger partial charge < -0.3 is 9.47 Å².